The molecule has 0 atom stereocenters. The highest BCUT2D eigenvalue weighted by Crippen LogP contribution is 2.23. The molecular formula is C14H12F2O3S. The normalized spacial score (nSPS) is 11.4. The lowest BCUT2D eigenvalue weighted by atomic mass is 10.2. The maximum absolute atomic E-state index is 13.0. The van der Waals surface area contributed by atoms with Gasteiger partial charge in [0, 0.05) is 6.07 Å². The molecule has 2 rings (SSSR count). The van der Waals surface area contributed by atoms with Gasteiger partial charge >= 0.3 is 10.1 Å². The van der Waals surface area contributed by atoms with Crippen LogP contribution in [0.1, 0.15) is 11.1 Å². The highest BCUT2D eigenvalue weighted by atomic mass is 32.2. The third-order valence-electron chi connectivity index (χ3n) is 2.70. The van der Waals surface area contributed by atoms with Crippen LogP contribution >= 0.6 is 0 Å². The SMILES string of the molecule is Cc1ccc(S(=O)(=O)Oc2ccc(F)c(F)c2)c(C)c1. The average Bonchev–Trinajstić information content (AvgIpc) is 2.33. The lowest BCUT2D eigenvalue weighted by Gasteiger charge is -2.10. The van der Waals surface area contributed by atoms with E-state index in [2.05, 4.69) is 0 Å². The Labute approximate surface area is 115 Å². The first-order valence-corrected chi connectivity index (χ1v) is 7.17. The van der Waals surface area contributed by atoms with Crippen molar-refractivity contribution in [1.82, 2.24) is 0 Å². The van der Waals surface area contributed by atoms with Crippen molar-refractivity contribution in [3.8, 4) is 5.75 Å². The highest BCUT2D eigenvalue weighted by molar-refractivity contribution is 7.87. The number of aryl methyl sites for hydroxylation is 2. The molecule has 20 heavy (non-hydrogen) atoms. The van der Waals surface area contributed by atoms with Crippen LogP contribution in [0.4, 0.5) is 8.78 Å². The van der Waals surface area contributed by atoms with E-state index in [-0.39, 0.29) is 10.6 Å². The molecule has 0 fully saturated rings. The Balaban J connectivity index is 2.38. The van der Waals surface area contributed by atoms with Crippen molar-refractivity contribution >= 4 is 10.1 Å². The fourth-order valence-electron chi connectivity index (χ4n) is 1.78. The van der Waals surface area contributed by atoms with Crippen LogP contribution in [0, 0.1) is 25.5 Å². The quantitative estimate of drug-likeness (QED) is 0.816. The number of rotatable bonds is 3. The predicted molar refractivity (Wildman–Crippen MR) is 70.1 cm³/mol. The second-order valence-corrected chi connectivity index (χ2v) is 5.90. The van der Waals surface area contributed by atoms with Crippen LogP contribution in [-0.2, 0) is 10.1 Å². The monoisotopic (exact) mass is 298 g/mol. The van der Waals surface area contributed by atoms with E-state index in [0.29, 0.717) is 11.6 Å². The molecule has 0 radical (unpaired) electrons. The molecule has 2 aromatic carbocycles. The van der Waals surface area contributed by atoms with Crippen LogP contribution in [0.3, 0.4) is 0 Å². The van der Waals surface area contributed by atoms with Gasteiger partial charge in [-0.3, -0.25) is 0 Å². The number of hydrogen-bond donors (Lipinski definition) is 0. The molecular weight excluding hydrogens is 286 g/mol. The third kappa shape index (κ3) is 2.96. The van der Waals surface area contributed by atoms with Crippen LogP contribution in [0.2, 0.25) is 0 Å². The maximum Gasteiger partial charge on any atom is 0.339 e. The summed E-state index contributed by atoms with van der Waals surface area (Å²) < 4.78 is 54.8. The molecule has 0 aliphatic rings. The average molecular weight is 298 g/mol. The van der Waals surface area contributed by atoms with E-state index in [1.807, 2.05) is 6.92 Å². The van der Waals surface area contributed by atoms with Crippen molar-refractivity contribution in [2.75, 3.05) is 0 Å². The second-order valence-electron chi connectivity index (χ2n) is 4.38. The standard InChI is InChI=1S/C14H12F2O3S/c1-9-3-6-14(10(2)7-9)20(17,18)19-11-4-5-12(15)13(16)8-11/h3-8H,1-2H3. The zero-order valence-corrected chi connectivity index (χ0v) is 11.7. The van der Waals surface area contributed by atoms with Crippen LogP contribution in [0.5, 0.6) is 5.75 Å². The zero-order valence-electron chi connectivity index (χ0n) is 10.9. The zero-order chi connectivity index (χ0) is 14.9. The van der Waals surface area contributed by atoms with Gasteiger partial charge < -0.3 is 4.18 Å². The summed E-state index contributed by atoms with van der Waals surface area (Å²) >= 11 is 0. The summed E-state index contributed by atoms with van der Waals surface area (Å²) in [7, 11) is -4.08. The first-order chi connectivity index (χ1) is 9.29. The third-order valence-corrected chi connectivity index (χ3v) is 4.11. The van der Waals surface area contributed by atoms with Crippen molar-refractivity contribution in [1.29, 1.82) is 0 Å². The summed E-state index contributed by atoms with van der Waals surface area (Å²) in [6.07, 6.45) is 0. The fraction of sp³-hybridized carbons (Fsp3) is 0.143. The Morgan fingerprint density at radius 3 is 2.25 bits per heavy atom. The Bertz CT molecular complexity index is 755. The molecule has 6 heteroatoms. The van der Waals surface area contributed by atoms with E-state index in [0.717, 1.165) is 17.7 Å². The van der Waals surface area contributed by atoms with Crippen LogP contribution in [0.25, 0.3) is 0 Å². The lowest BCUT2D eigenvalue weighted by molar-refractivity contribution is 0.471. The van der Waals surface area contributed by atoms with Gasteiger partial charge in [-0.05, 0) is 37.6 Å². The number of benzene rings is 2. The van der Waals surface area contributed by atoms with Crippen molar-refractivity contribution in [3.05, 3.63) is 59.2 Å². The van der Waals surface area contributed by atoms with Crippen molar-refractivity contribution < 1.29 is 21.4 Å². The van der Waals surface area contributed by atoms with Gasteiger partial charge in [-0.2, -0.15) is 8.42 Å². The molecule has 0 saturated heterocycles. The van der Waals surface area contributed by atoms with E-state index < -0.39 is 21.8 Å². The topological polar surface area (TPSA) is 43.4 Å². The molecule has 0 N–H and O–H groups in total. The van der Waals surface area contributed by atoms with Crippen molar-refractivity contribution in [2.24, 2.45) is 0 Å². The Morgan fingerprint density at radius 2 is 1.65 bits per heavy atom. The summed E-state index contributed by atoms with van der Waals surface area (Å²) in [4.78, 5) is -0.00664. The van der Waals surface area contributed by atoms with Crippen molar-refractivity contribution in [3.63, 3.8) is 0 Å². The fourth-order valence-corrected chi connectivity index (χ4v) is 2.91. The van der Waals surface area contributed by atoms with Gasteiger partial charge in [-0.15, -0.1) is 0 Å². The minimum Gasteiger partial charge on any atom is -0.379 e. The summed E-state index contributed by atoms with van der Waals surface area (Å²) in [6, 6.07) is 7.30. The van der Waals surface area contributed by atoms with E-state index in [1.165, 1.54) is 6.07 Å². The minimum absolute atomic E-state index is 0.00664. The van der Waals surface area contributed by atoms with Gasteiger partial charge in [0.05, 0.1) is 0 Å². The summed E-state index contributed by atoms with van der Waals surface area (Å²) in [6.45, 7) is 3.47. The van der Waals surface area contributed by atoms with Gasteiger partial charge in [0.15, 0.2) is 11.6 Å². The molecule has 0 heterocycles. The van der Waals surface area contributed by atoms with E-state index in [4.69, 9.17) is 4.18 Å². The molecule has 0 amide bonds. The summed E-state index contributed by atoms with van der Waals surface area (Å²) in [5, 5.41) is 0. The van der Waals surface area contributed by atoms with Gasteiger partial charge in [0.1, 0.15) is 10.6 Å². The van der Waals surface area contributed by atoms with Crippen LogP contribution in [0.15, 0.2) is 41.3 Å². The largest absolute Gasteiger partial charge is 0.379 e. The molecule has 0 spiro atoms. The Hall–Kier alpha value is -1.95. The molecule has 3 nitrogen and oxygen atoms in total. The molecule has 0 aliphatic heterocycles. The molecule has 2 aromatic rings. The number of hydrogen-bond acceptors (Lipinski definition) is 3. The molecule has 0 unspecified atom stereocenters. The molecule has 0 saturated carbocycles. The van der Waals surface area contributed by atoms with Crippen LogP contribution in [-0.4, -0.2) is 8.42 Å². The highest BCUT2D eigenvalue weighted by Gasteiger charge is 2.19. The van der Waals surface area contributed by atoms with Gasteiger partial charge in [-0.1, -0.05) is 17.7 Å². The van der Waals surface area contributed by atoms with Gasteiger partial charge in [0.2, 0.25) is 0 Å². The minimum atomic E-state index is -4.08. The smallest absolute Gasteiger partial charge is 0.339 e. The first-order valence-electron chi connectivity index (χ1n) is 5.76. The molecule has 0 aliphatic carbocycles. The summed E-state index contributed by atoms with van der Waals surface area (Å²) in [5.41, 5.74) is 1.43. The maximum atomic E-state index is 13.0. The number of halogens is 2. The second kappa shape index (κ2) is 5.20. The lowest BCUT2D eigenvalue weighted by Crippen LogP contribution is -2.11. The van der Waals surface area contributed by atoms with Crippen LogP contribution < -0.4 is 4.18 Å². The van der Waals surface area contributed by atoms with E-state index in [9.17, 15) is 17.2 Å². The molecule has 0 bridgehead atoms. The van der Waals surface area contributed by atoms with Crippen molar-refractivity contribution in [2.45, 2.75) is 18.7 Å². The van der Waals surface area contributed by atoms with E-state index >= 15 is 0 Å². The Morgan fingerprint density at radius 1 is 0.950 bits per heavy atom. The molecule has 106 valence electrons. The first kappa shape index (κ1) is 14.5. The van der Waals surface area contributed by atoms with Gasteiger partial charge in [0.25, 0.3) is 0 Å². The predicted octanol–water partition coefficient (Wildman–Crippen LogP) is 3.35. The Kier molecular flexibility index (Phi) is 3.76. The van der Waals surface area contributed by atoms with Gasteiger partial charge in [-0.25, -0.2) is 8.78 Å². The molecule has 0 aromatic heterocycles. The van der Waals surface area contributed by atoms with E-state index in [1.54, 1.807) is 19.1 Å². The summed E-state index contributed by atoms with van der Waals surface area (Å²) in [5.74, 6) is -2.51.